The van der Waals surface area contributed by atoms with Crippen LogP contribution in [0.15, 0.2) is 18.2 Å². The fourth-order valence-electron chi connectivity index (χ4n) is 2.52. The SMILES string of the molecule is CC(C)OC(=O)C(Cc1ccc(OC(=O)C(F)(F)C(F)(F)F)c(OC(=O)C(F)(F)C(F)(F)F)c1)NC(=O)C(F)(F)C(F)(F)F. The van der Waals surface area contributed by atoms with Crippen LogP contribution in [0.1, 0.15) is 19.4 Å². The molecule has 250 valence electrons. The molecule has 44 heavy (non-hydrogen) atoms. The second-order valence-electron chi connectivity index (χ2n) is 8.49. The number of ether oxygens (including phenoxy) is 3. The zero-order valence-corrected chi connectivity index (χ0v) is 21.1. The number of hydrogen-bond donors (Lipinski definition) is 1. The first-order valence-electron chi connectivity index (χ1n) is 10.9. The topological polar surface area (TPSA) is 108 Å². The van der Waals surface area contributed by atoms with Gasteiger partial charge < -0.3 is 19.5 Å². The smallest absolute Gasteiger partial charge is 0.461 e. The van der Waals surface area contributed by atoms with Gasteiger partial charge in [0.15, 0.2) is 11.5 Å². The van der Waals surface area contributed by atoms with Crippen LogP contribution < -0.4 is 14.8 Å². The molecule has 0 bridgehead atoms. The van der Waals surface area contributed by atoms with Gasteiger partial charge in [-0.3, -0.25) is 4.79 Å². The minimum atomic E-state index is -6.69. The van der Waals surface area contributed by atoms with Crippen molar-refractivity contribution in [1.29, 1.82) is 0 Å². The predicted molar refractivity (Wildman–Crippen MR) is 108 cm³/mol. The number of carbonyl (C=O) groups excluding carboxylic acids is 4. The minimum Gasteiger partial charge on any atom is -0.461 e. The van der Waals surface area contributed by atoms with Crippen LogP contribution >= 0.6 is 0 Å². The van der Waals surface area contributed by atoms with E-state index in [-0.39, 0.29) is 12.1 Å². The van der Waals surface area contributed by atoms with E-state index in [2.05, 4.69) is 14.2 Å². The van der Waals surface area contributed by atoms with Crippen molar-refractivity contribution in [2.75, 3.05) is 0 Å². The first-order chi connectivity index (χ1) is 19.5. The molecule has 0 fully saturated rings. The summed E-state index contributed by atoms with van der Waals surface area (Å²) in [6.07, 6.45) is -22.4. The fourth-order valence-corrected chi connectivity index (χ4v) is 2.52. The van der Waals surface area contributed by atoms with E-state index in [1.54, 1.807) is 0 Å². The summed E-state index contributed by atoms with van der Waals surface area (Å²) in [5.74, 6) is -34.7. The quantitative estimate of drug-likeness (QED) is 0.210. The van der Waals surface area contributed by atoms with E-state index in [0.29, 0.717) is 6.07 Å². The molecule has 0 aliphatic rings. The summed E-state index contributed by atoms with van der Waals surface area (Å²) >= 11 is 0. The number of esters is 3. The number of hydrogen-bond acceptors (Lipinski definition) is 7. The molecule has 1 rings (SSSR count). The predicted octanol–water partition coefficient (Wildman–Crippen LogP) is 5.07. The Labute approximate surface area is 233 Å². The molecule has 1 aromatic rings. The van der Waals surface area contributed by atoms with E-state index in [0.717, 1.165) is 19.2 Å². The average molecular weight is 677 g/mol. The number of rotatable bonds is 10. The number of amides is 1. The van der Waals surface area contributed by atoms with Crippen LogP contribution in [-0.4, -0.2) is 72.3 Å². The third kappa shape index (κ3) is 8.57. The summed E-state index contributed by atoms with van der Waals surface area (Å²) in [6, 6.07) is -2.29. The van der Waals surface area contributed by atoms with Crippen LogP contribution in [0.5, 0.6) is 11.5 Å². The Morgan fingerprint density at radius 3 is 1.45 bits per heavy atom. The van der Waals surface area contributed by atoms with Gasteiger partial charge in [-0.25, -0.2) is 14.4 Å². The van der Waals surface area contributed by atoms with Crippen LogP contribution in [-0.2, 0) is 30.3 Å². The van der Waals surface area contributed by atoms with Crippen molar-refractivity contribution in [3.63, 3.8) is 0 Å². The van der Waals surface area contributed by atoms with Crippen molar-refractivity contribution in [1.82, 2.24) is 5.32 Å². The van der Waals surface area contributed by atoms with Crippen molar-refractivity contribution in [2.24, 2.45) is 0 Å². The van der Waals surface area contributed by atoms with Gasteiger partial charge in [-0.05, 0) is 31.5 Å². The van der Waals surface area contributed by atoms with Crippen molar-refractivity contribution in [3.8, 4) is 11.5 Å². The molecule has 0 aliphatic carbocycles. The van der Waals surface area contributed by atoms with Crippen LogP contribution in [0, 0.1) is 0 Å². The maximum atomic E-state index is 13.4. The number of alkyl halides is 15. The molecule has 0 aliphatic heterocycles. The van der Waals surface area contributed by atoms with Gasteiger partial charge in [0.25, 0.3) is 0 Å². The minimum absolute atomic E-state index is 0.00497. The van der Waals surface area contributed by atoms with Crippen LogP contribution in [0.2, 0.25) is 0 Å². The Balaban J connectivity index is 3.65. The van der Waals surface area contributed by atoms with Crippen LogP contribution in [0.3, 0.4) is 0 Å². The van der Waals surface area contributed by atoms with Gasteiger partial charge in [0, 0.05) is 6.42 Å². The standard InChI is InChI=1S/C21H14F15NO7/c1-7(2)42-12(38)9(37-13(39)16(22,23)19(28,29)30)5-8-3-4-10(43-14(40)17(24,25)20(31,32)33)11(6-8)44-15(41)18(26,27)21(34,35)36/h3-4,6-7,9H,5H2,1-2H3,(H,37,39). The molecule has 0 saturated carbocycles. The van der Waals surface area contributed by atoms with E-state index >= 15 is 0 Å². The van der Waals surface area contributed by atoms with E-state index in [9.17, 15) is 85.0 Å². The van der Waals surface area contributed by atoms with E-state index in [1.165, 1.54) is 0 Å². The Bertz CT molecular complexity index is 1250. The number of benzene rings is 1. The second-order valence-corrected chi connectivity index (χ2v) is 8.49. The van der Waals surface area contributed by atoms with E-state index in [4.69, 9.17) is 0 Å². The van der Waals surface area contributed by atoms with Gasteiger partial charge in [0.2, 0.25) is 0 Å². The molecular formula is C21H14F15NO7. The highest BCUT2D eigenvalue weighted by Crippen LogP contribution is 2.41. The molecule has 0 radical (unpaired) electrons. The molecule has 8 nitrogen and oxygen atoms in total. The summed E-state index contributed by atoms with van der Waals surface area (Å²) in [4.78, 5) is 46.8. The van der Waals surface area contributed by atoms with Crippen molar-refractivity contribution in [3.05, 3.63) is 23.8 Å². The monoisotopic (exact) mass is 677 g/mol. The third-order valence-electron chi connectivity index (χ3n) is 4.66. The normalized spacial score (nSPS) is 14.1. The highest BCUT2D eigenvalue weighted by molar-refractivity contribution is 5.89. The first kappa shape index (κ1) is 38.1. The summed E-state index contributed by atoms with van der Waals surface area (Å²) in [5, 5.41) is 0.936. The summed E-state index contributed by atoms with van der Waals surface area (Å²) < 4.78 is 205. The maximum absolute atomic E-state index is 13.4. The fraction of sp³-hybridized carbons (Fsp3) is 0.524. The van der Waals surface area contributed by atoms with Gasteiger partial charge >= 0.3 is 60.1 Å². The maximum Gasteiger partial charge on any atom is 0.465 e. The summed E-state index contributed by atoms with van der Waals surface area (Å²) in [6.45, 7) is 2.22. The molecule has 1 aromatic carbocycles. The number of nitrogens with one attached hydrogen (secondary N) is 1. The number of halogens is 15. The molecule has 1 unspecified atom stereocenters. The average Bonchev–Trinajstić information content (AvgIpc) is 2.82. The molecule has 0 spiro atoms. The molecule has 0 aromatic heterocycles. The molecule has 1 atom stereocenters. The molecule has 1 amide bonds. The van der Waals surface area contributed by atoms with Crippen LogP contribution in [0.25, 0.3) is 0 Å². The van der Waals surface area contributed by atoms with Gasteiger partial charge in [-0.1, -0.05) is 6.07 Å². The van der Waals surface area contributed by atoms with Gasteiger partial charge in [0.1, 0.15) is 6.04 Å². The Kier molecular flexibility index (Phi) is 10.9. The lowest BCUT2D eigenvalue weighted by molar-refractivity contribution is -0.277. The second kappa shape index (κ2) is 12.6. The van der Waals surface area contributed by atoms with Gasteiger partial charge in [-0.2, -0.15) is 65.9 Å². The van der Waals surface area contributed by atoms with Gasteiger partial charge in [0.05, 0.1) is 6.10 Å². The van der Waals surface area contributed by atoms with Crippen molar-refractivity contribution >= 4 is 23.8 Å². The molecule has 23 heteroatoms. The van der Waals surface area contributed by atoms with Crippen molar-refractivity contribution in [2.45, 2.75) is 68.7 Å². The highest BCUT2D eigenvalue weighted by Gasteiger charge is 2.67. The Morgan fingerprint density at radius 2 is 1.07 bits per heavy atom. The lowest BCUT2D eigenvalue weighted by Crippen LogP contribution is -2.55. The Morgan fingerprint density at radius 1 is 0.659 bits per heavy atom. The number of carbonyl (C=O) groups is 4. The molecular weight excluding hydrogens is 663 g/mol. The largest absolute Gasteiger partial charge is 0.465 e. The van der Waals surface area contributed by atoms with Crippen molar-refractivity contribution < 1.29 is 99.2 Å². The molecule has 0 saturated heterocycles. The zero-order valence-electron chi connectivity index (χ0n) is 21.1. The molecule has 1 N–H and O–H groups in total. The molecule has 0 heterocycles. The van der Waals surface area contributed by atoms with E-state index in [1.807, 2.05) is 0 Å². The highest BCUT2D eigenvalue weighted by atomic mass is 19.4. The first-order valence-corrected chi connectivity index (χ1v) is 10.9. The summed E-state index contributed by atoms with van der Waals surface area (Å²) in [5.41, 5.74) is -0.883. The van der Waals surface area contributed by atoms with E-state index < -0.39 is 95.7 Å². The lowest BCUT2D eigenvalue weighted by Gasteiger charge is -2.24. The lowest BCUT2D eigenvalue weighted by atomic mass is 10.0. The summed E-state index contributed by atoms with van der Waals surface area (Å²) in [7, 11) is 0. The van der Waals surface area contributed by atoms with Crippen LogP contribution in [0.4, 0.5) is 65.9 Å². The third-order valence-corrected chi connectivity index (χ3v) is 4.66. The zero-order chi connectivity index (χ0) is 34.9. The Hall–Kier alpha value is -3.95. The van der Waals surface area contributed by atoms with Gasteiger partial charge in [-0.15, -0.1) is 0 Å².